The third-order valence-corrected chi connectivity index (χ3v) is 13.1. The Balaban J connectivity index is 4.35. The number of carbonyl (C=O) groups is 3. The molecule has 0 amide bonds. The highest BCUT2D eigenvalue weighted by Gasteiger charge is 2.19. The number of ether oxygens (including phenoxy) is 3. The molecule has 0 aromatic carbocycles. The van der Waals surface area contributed by atoms with Gasteiger partial charge in [-0.3, -0.25) is 14.4 Å². The van der Waals surface area contributed by atoms with Crippen molar-refractivity contribution in [3.8, 4) is 0 Å². The minimum Gasteiger partial charge on any atom is -0.462 e. The largest absolute Gasteiger partial charge is 0.462 e. The lowest BCUT2D eigenvalue weighted by molar-refractivity contribution is -0.167. The third-order valence-electron chi connectivity index (χ3n) is 13.1. The minimum absolute atomic E-state index is 0.0821. The van der Waals surface area contributed by atoms with E-state index in [4.69, 9.17) is 14.2 Å². The number of unbranched alkanes of at least 4 members (excludes halogenated alkanes) is 30. The van der Waals surface area contributed by atoms with Gasteiger partial charge in [-0.05, 0) is 89.9 Å². The van der Waals surface area contributed by atoms with Gasteiger partial charge in [0.15, 0.2) is 6.10 Å². The molecule has 0 fully saturated rings. The van der Waals surface area contributed by atoms with Crippen molar-refractivity contribution in [2.45, 2.75) is 303 Å². The fourth-order valence-electron chi connectivity index (χ4n) is 8.63. The van der Waals surface area contributed by atoms with Gasteiger partial charge in [-0.25, -0.2) is 0 Å². The molecule has 0 bridgehead atoms. The molecule has 0 aromatic heterocycles. The Bertz CT molecular complexity index is 1380. The fourth-order valence-corrected chi connectivity index (χ4v) is 8.63. The number of esters is 3. The lowest BCUT2D eigenvalue weighted by Crippen LogP contribution is -2.30. The van der Waals surface area contributed by atoms with Gasteiger partial charge >= 0.3 is 17.9 Å². The van der Waals surface area contributed by atoms with E-state index in [2.05, 4.69) is 106 Å². The predicted molar refractivity (Wildman–Crippen MR) is 311 cm³/mol. The molecule has 6 heteroatoms. The van der Waals surface area contributed by atoms with Crippen molar-refractivity contribution in [3.63, 3.8) is 0 Å². The van der Waals surface area contributed by atoms with E-state index in [1.807, 2.05) is 0 Å². The second-order valence-electron chi connectivity index (χ2n) is 20.2. The van der Waals surface area contributed by atoms with Crippen molar-refractivity contribution >= 4 is 17.9 Å². The molecule has 6 nitrogen and oxygen atoms in total. The van der Waals surface area contributed by atoms with Crippen LogP contribution in [0.2, 0.25) is 0 Å². The van der Waals surface area contributed by atoms with Crippen molar-refractivity contribution in [2.75, 3.05) is 13.2 Å². The second kappa shape index (κ2) is 60.1. The minimum atomic E-state index is -0.785. The summed E-state index contributed by atoms with van der Waals surface area (Å²) in [4.78, 5) is 38.3. The summed E-state index contributed by atoms with van der Waals surface area (Å²) in [6.07, 6.45) is 78.6. The highest BCUT2D eigenvalue weighted by Crippen LogP contribution is 2.16. The predicted octanol–water partition coefficient (Wildman–Crippen LogP) is 20.7. The molecule has 0 aliphatic heterocycles. The molecular weight excluding hydrogens is 889 g/mol. The van der Waals surface area contributed by atoms with Crippen molar-refractivity contribution in [1.29, 1.82) is 0 Å². The van der Waals surface area contributed by atoms with Crippen LogP contribution in [0.1, 0.15) is 297 Å². The molecule has 414 valence electrons. The van der Waals surface area contributed by atoms with Crippen molar-refractivity contribution in [2.24, 2.45) is 0 Å². The number of rotatable bonds is 55. The van der Waals surface area contributed by atoms with Gasteiger partial charge in [-0.1, -0.05) is 273 Å². The number of carbonyl (C=O) groups excluding carboxylic acids is 3. The van der Waals surface area contributed by atoms with Crippen LogP contribution in [0.4, 0.5) is 0 Å². The maximum Gasteiger partial charge on any atom is 0.306 e. The third kappa shape index (κ3) is 57.5. The Morgan fingerprint density at radius 3 is 0.847 bits per heavy atom. The van der Waals surface area contributed by atoms with E-state index in [9.17, 15) is 14.4 Å². The van der Waals surface area contributed by atoms with Crippen molar-refractivity contribution in [3.05, 3.63) is 85.1 Å². The van der Waals surface area contributed by atoms with E-state index in [0.29, 0.717) is 19.3 Å². The molecule has 1 unspecified atom stereocenters. The molecule has 0 spiro atoms. The van der Waals surface area contributed by atoms with Crippen LogP contribution in [-0.4, -0.2) is 37.2 Å². The molecule has 0 aromatic rings. The standard InChI is InChI=1S/C66H114O6/c1-4-7-10-13-16-19-22-25-28-30-31-32-33-34-35-36-39-41-44-47-50-53-56-59-65(68)71-62-63(61-70-64(67)58-55-52-49-46-43-40-37-27-24-21-18-15-12-9-6-3)72-66(69)60-57-54-51-48-45-42-38-29-26-23-20-17-14-11-8-5-2/h7,9-10,12,16,18-19,21,25,27-28,31-32,37,63H,4-6,8,11,13-15,17,20,22-24,26,29-30,33-36,38-62H2,1-3H3/b10-7-,12-9-,19-16-,21-18-,28-25-,32-31-,37-27-. The summed E-state index contributed by atoms with van der Waals surface area (Å²) in [5, 5.41) is 0. The van der Waals surface area contributed by atoms with E-state index in [1.54, 1.807) is 0 Å². The molecule has 72 heavy (non-hydrogen) atoms. The van der Waals surface area contributed by atoms with Crippen LogP contribution in [0.5, 0.6) is 0 Å². The Morgan fingerprint density at radius 1 is 0.292 bits per heavy atom. The topological polar surface area (TPSA) is 78.9 Å². The van der Waals surface area contributed by atoms with Crippen LogP contribution in [0, 0.1) is 0 Å². The molecule has 0 rings (SSSR count). The van der Waals surface area contributed by atoms with E-state index >= 15 is 0 Å². The second-order valence-corrected chi connectivity index (χ2v) is 20.2. The van der Waals surface area contributed by atoms with E-state index < -0.39 is 6.10 Å². The summed E-state index contributed by atoms with van der Waals surface area (Å²) < 4.78 is 16.9. The normalized spacial score (nSPS) is 12.7. The van der Waals surface area contributed by atoms with Gasteiger partial charge in [0, 0.05) is 19.3 Å². The SMILES string of the molecule is CC/C=C\C/C=C\C/C=C\C/C=C\CCCCCCCCCCCCC(=O)OCC(COC(=O)CCCCCCC/C=C\C/C=C\C/C=C\CC)OC(=O)CCCCCCCCCCCCCCCCCC. The zero-order chi connectivity index (χ0) is 52.2. The highest BCUT2D eigenvalue weighted by molar-refractivity contribution is 5.71. The van der Waals surface area contributed by atoms with Crippen LogP contribution in [-0.2, 0) is 28.6 Å². The molecule has 0 aliphatic carbocycles. The Hall–Kier alpha value is -3.41. The Morgan fingerprint density at radius 2 is 0.542 bits per heavy atom. The van der Waals surface area contributed by atoms with E-state index in [0.717, 1.165) is 122 Å². The molecule has 0 aliphatic rings. The summed E-state index contributed by atoms with van der Waals surface area (Å²) >= 11 is 0. The Kier molecular flexibility index (Phi) is 57.3. The zero-order valence-electron chi connectivity index (χ0n) is 47.4. The quantitative estimate of drug-likeness (QED) is 0.0261. The van der Waals surface area contributed by atoms with Gasteiger partial charge in [-0.15, -0.1) is 0 Å². The molecule has 0 radical (unpaired) electrons. The average molecular weight is 1000 g/mol. The molecular formula is C66H114O6. The average Bonchev–Trinajstić information content (AvgIpc) is 3.38. The highest BCUT2D eigenvalue weighted by atomic mass is 16.6. The first-order valence-electron chi connectivity index (χ1n) is 30.6. The summed E-state index contributed by atoms with van der Waals surface area (Å²) in [5.41, 5.74) is 0. The van der Waals surface area contributed by atoms with Gasteiger partial charge in [0.2, 0.25) is 0 Å². The monoisotopic (exact) mass is 1000 g/mol. The van der Waals surface area contributed by atoms with Crippen LogP contribution in [0.15, 0.2) is 85.1 Å². The first kappa shape index (κ1) is 68.6. The fraction of sp³-hybridized carbons (Fsp3) is 0.742. The lowest BCUT2D eigenvalue weighted by Gasteiger charge is -2.18. The van der Waals surface area contributed by atoms with Gasteiger partial charge in [0.1, 0.15) is 13.2 Å². The van der Waals surface area contributed by atoms with Crippen LogP contribution in [0.3, 0.4) is 0 Å². The molecule has 0 saturated heterocycles. The summed E-state index contributed by atoms with van der Waals surface area (Å²) in [6, 6.07) is 0. The van der Waals surface area contributed by atoms with Crippen LogP contribution >= 0.6 is 0 Å². The number of allylic oxidation sites excluding steroid dienone is 14. The van der Waals surface area contributed by atoms with Crippen molar-refractivity contribution < 1.29 is 28.6 Å². The molecule has 0 heterocycles. The number of hydrogen-bond donors (Lipinski definition) is 0. The van der Waals surface area contributed by atoms with Crippen molar-refractivity contribution in [1.82, 2.24) is 0 Å². The molecule has 0 N–H and O–H groups in total. The zero-order valence-corrected chi connectivity index (χ0v) is 47.4. The summed E-state index contributed by atoms with van der Waals surface area (Å²) in [7, 11) is 0. The summed E-state index contributed by atoms with van der Waals surface area (Å²) in [6.45, 7) is 6.43. The number of hydrogen-bond acceptors (Lipinski definition) is 6. The molecule has 1 atom stereocenters. The first-order chi connectivity index (χ1) is 35.5. The van der Waals surface area contributed by atoms with Crippen LogP contribution in [0.25, 0.3) is 0 Å². The van der Waals surface area contributed by atoms with E-state index in [1.165, 1.54) is 135 Å². The van der Waals surface area contributed by atoms with Gasteiger partial charge < -0.3 is 14.2 Å². The first-order valence-corrected chi connectivity index (χ1v) is 30.6. The van der Waals surface area contributed by atoms with Crippen LogP contribution < -0.4 is 0 Å². The van der Waals surface area contributed by atoms with Gasteiger partial charge in [-0.2, -0.15) is 0 Å². The van der Waals surface area contributed by atoms with Gasteiger partial charge in [0.05, 0.1) is 0 Å². The summed E-state index contributed by atoms with van der Waals surface area (Å²) in [5.74, 6) is -0.891. The van der Waals surface area contributed by atoms with Gasteiger partial charge in [0.25, 0.3) is 0 Å². The Labute approximate surface area is 445 Å². The maximum atomic E-state index is 12.9. The maximum absolute atomic E-state index is 12.9. The smallest absolute Gasteiger partial charge is 0.306 e. The lowest BCUT2D eigenvalue weighted by atomic mass is 10.0. The van der Waals surface area contributed by atoms with E-state index in [-0.39, 0.29) is 31.1 Å². The molecule has 0 saturated carbocycles.